The molecule has 12 aromatic rings. The number of aryl methyl sites for hydroxylation is 4. The molecule has 13 rings (SSSR count). The molecule has 0 amide bonds. The maximum absolute atomic E-state index is 4.02. The Kier molecular flexibility index (Phi) is 13.3. The van der Waals surface area contributed by atoms with Gasteiger partial charge in [0.25, 0.3) is 0 Å². The quantitative estimate of drug-likeness (QED) is 0.123. The van der Waals surface area contributed by atoms with Crippen molar-refractivity contribution < 1.29 is 0 Å². The van der Waals surface area contributed by atoms with Gasteiger partial charge in [0.2, 0.25) is 0 Å². The SMILES string of the molecule is Cc1cc(C)c(-c2cc(-c3cc(N(c4cccc(-c5ccccc5)c4)c4cccc(-c5ccccc5)c4)ccc3Nc3ccc(-c4ccccc4)cc3)c3c(c2)N(c2ccccc2C)c2cc(-c4ccccc4)ccc2B3)c(C)c1. The van der Waals surface area contributed by atoms with Gasteiger partial charge in [-0.1, -0.05) is 211 Å². The van der Waals surface area contributed by atoms with Crippen LogP contribution in [-0.4, -0.2) is 7.28 Å². The van der Waals surface area contributed by atoms with Crippen molar-refractivity contribution >= 4 is 63.7 Å². The number of hydrogen-bond donors (Lipinski definition) is 1. The van der Waals surface area contributed by atoms with Gasteiger partial charge in [-0.15, -0.1) is 0 Å². The van der Waals surface area contributed by atoms with Crippen LogP contribution in [0, 0.1) is 27.7 Å². The predicted octanol–water partition coefficient (Wildman–Crippen LogP) is 19.3. The molecule has 1 aliphatic rings. The number of nitrogens with zero attached hydrogens (tertiary/aromatic N) is 2. The highest BCUT2D eigenvalue weighted by atomic mass is 15.2. The van der Waals surface area contributed by atoms with Crippen LogP contribution in [0.2, 0.25) is 0 Å². The summed E-state index contributed by atoms with van der Waals surface area (Å²) in [7, 11) is 0.737. The van der Waals surface area contributed by atoms with Crippen LogP contribution in [0.15, 0.2) is 279 Å². The van der Waals surface area contributed by atoms with Crippen molar-refractivity contribution in [2.45, 2.75) is 27.7 Å². The molecule has 1 heterocycles. The maximum Gasteiger partial charge on any atom is 0.198 e. The van der Waals surface area contributed by atoms with Gasteiger partial charge in [-0.05, 0) is 190 Å². The minimum Gasteiger partial charge on any atom is -0.355 e. The lowest BCUT2D eigenvalue weighted by atomic mass is 9.57. The number of para-hydroxylation sites is 1. The minimum absolute atomic E-state index is 0.737. The van der Waals surface area contributed by atoms with Crippen LogP contribution in [0.25, 0.3) is 66.8 Å². The Balaban J connectivity index is 1.08. The first kappa shape index (κ1) is 49.7. The van der Waals surface area contributed by atoms with Crippen molar-refractivity contribution in [3.05, 3.63) is 301 Å². The Morgan fingerprint density at radius 1 is 0.325 bits per heavy atom. The van der Waals surface area contributed by atoms with E-state index in [2.05, 4.69) is 322 Å². The lowest BCUT2D eigenvalue weighted by Gasteiger charge is -2.37. The second-order valence-electron chi connectivity index (χ2n) is 21.3. The third-order valence-corrected chi connectivity index (χ3v) is 15.8. The Labute approximate surface area is 472 Å². The zero-order chi connectivity index (χ0) is 54.1. The first-order valence-electron chi connectivity index (χ1n) is 27.8. The number of nitrogens with one attached hydrogen (secondary N) is 1. The second-order valence-corrected chi connectivity index (χ2v) is 21.3. The number of benzene rings is 12. The molecule has 0 radical (unpaired) electrons. The molecule has 0 aliphatic carbocycles. The van der Waals surface area contributed by atoms with E-state index in [1.54, 1.807) is 0 Å². The summed E-state index contributed by atoms with van der Waals surface area (Å²) in [4.78, 5) is 4.99. The Morgan fingerprint density at radius 3 is 1.38 bits per heavy atom. The molecule has 0 saturated heterocycles. The van der Waals surface area contributed by atoms with E-state index in [1.807, 2.05) is 0 Å². The van der Waals surface area contributed by atoms with Crippen LogP contribution >= 0.6 is 0 Å². The van der Waals surface area contributed by atoms with Gasteiger partial charge < -0.3 is 15.1 Å². The van der Waals surface area contributed by atoms with Crippen LogP contribution in [-0.2, 0) is 0 Å². The predicted molar refractivity (Wildman–Crippen MR) is 344 cm³/mol. The lowest BCUT2D eigenvalue weighted by molar-refractivity contribution is 1.26. The zero-order valence-corrected chi connectivity index (χ0v) is 45.7. The molecule has 4 heteroatoms. The highest BCUT2D eigenvalue weighted by Gasteiger charge is 2.31. The molecule has 1 aliphatic heterocycles. The largest absolute Gasteiger partial charge is 0.355 e. The molecule has 0 bridgehead atoms. The molecule has 0 aromatic heterocycles. The summed E-state index contributed by atoms with van der Waals surface area (Å²) in [5, 5.41) is 4.02. The van der Waals surface area contributed by atoms with Crippen LogP contribution in [0.1, 0.15) is 22.3 Å². The van der Waals surface area contributed by atoms with Crippen LogP contribution in [0.3, 0.4) is 0 Å². The fraction of sp³-hybridized carbons (Fsp3) is 0.0526. The number of rotatable bonds is 12. The summed E-state index contributed by atoms with van der Waals surface area (Å²) in [5.74, 6) is 0. The second kappa shape index (κ2) is 21.5. The van der Waals surface area contributed by atoms with E-state index in [9.17, 15) is 0 Å². The van der Waals surface area contributed by atoms with Crippen molar-refractivity contribution in [3.63, 3.8) is 0 Å². The van der Waals surface area contributed by atoms with E-state index in [-0.39, 0.29) is 0 Å². The number of fused-ring (bicyclic) bond motifs is 2. The van der Waals surface area contributed by atoms with E-state index >= 15 is 0 Å². The molecule has 80 heavy (non-hydrogen) atoms. The molecule has 3 nitrogen and oxygen atoms in total. The molecular formula is C76H60BN3. The van der Waals surface area contributed by atoms with Gasteiger partial charge in [0.15, 0.2) is 7.28 Å². The van der Waals surface area contributed by atoms with Crippen molar-refractivity contribution in [2.75, 3.05) is 15.1 Å². The number of hydrogen-bond acceptors (Lipinski definition) is 3. The lowest BCUT2D eigenvalue weighted by Crippen LogP contribution is -2.41. The summed E-state index contributed by atoms with van der Waals surface area (Å²) in [6.07, 6.45) is 0. The van der Waals surface area contributed by atoms with Crippen molar-refractivity contribution in [1.29, 1.82) is 0 Å². The van der Waals surface area contributed by atoms with Crippen molar-refractivity contribution in [2.24, 2.45) is 0 Å². The zero-order valence-electron chi connectivity index (χ0n) is 45.7. The van der Waals surface area contributed by atoms with Crippen molar-refractivity contribution in [1.82, 2.24) is 0 Å². The van der Waals surface area contributed by atoms with E-state index in [4.69, 9.17) is 0 Å². The van der Waals surface area contributed by atoms with Gasteiger partial charge in [0, 0.05) is 51.1 Å². The molecule has 0 saturated carbocycles. The standard InChI is InChI=1S/C76H60BN3/c1-51-43-53(3)75(54(4)44-51)63-47-69(76-74(49-63)80(72-34-18-17-21-52(72)2)73-48-62(37-41-70(73)77-76)58-28-15-8-16-29-58)68-50-67(40-42-71(68)78-64-38-35-59(36-39-64)55-22-9-5-10-23-55)79(65-32-19-30-60(45-65)56-24-11-6-12-25-56)66-33-20-31-61(46-66)57-26-13-7-14-27-57/h5-50,77-78H,1-4H3. The Bertz CT molecular complexity index is 4110. The van der Waals surface area contributed by atoms with E-state index < -0.39 is 0 Å². The third-order valence-electron chi connectivity index (χ3n) is 15.8. The highest BCUT2D eigenvalue weighted by molar-refractivity contribution is 6.73. The molecule has 0 atom stereocenters. The molecule has 1 N–H and O–H groups in total. The van der Waals surface area contributed by atoms with Crippen LogP contribution in [0.5, 0.6) is 0 Å². The van der Waals surface area contributed by atoms with Crippen LogP contribution in [0.4, 0.5) is 45.5 Å². The third kappa shape index (κ3) is 9.78. The maximum atomic E-state index is 4.02. The Hall–Kier alpha value is -9.90. The monoisotopic (exact) mass is 1030 g/mol. The summed E-state index contributed by atoms with van der Waals surface area (Å²) in [6.45, 7) is 8.99. The van der Waals surface area contributed by atoms with Gasteiger partial charge in [-0.3, -0.25) is 0 Å². The van der Waals surface area contributed by atoms with Gasteiger partial charge in [-0.2, -0.15) is 0 Å². The van der Waals surface area contributed by atoms with Crippen molar-refractivity contribution in [3.8, 4) is 66.8 Å². The Morgan fingerprint density at radius 2 is 0.800 bits per heavy atom. The molecule has 0 fully saturated rings. The fourth-order valence-electron chi connectivity index (χ4n) is 12.1. The summed E-state index contributed by atoms with van der Waals surface area (Å²) < 4.78 is 0. The number of anilines is 8. The smallest absolute Gasteiger partial charge is 0.198 e. The summed E-state index contributed by atoms with van der Waals surface area (Å²) >= 11 is 0. The van der Waals surface area contributed by atoms with Gasteiger partial charge >= 0.3 is 0 Å². The molecule has 0 unspecified atom stereocenters. The summed E-state index contributed by atoms with van der Waals surface area (Å²) in [5.41, 5.74) is 30.4. The molecule has 382 valence electrons. The van der Waals surface area contributed by atoms with Gasteiger partial charge in [0.1, 0.15) is 0 Å². The van der Waals surface area contributed by atoms with E-state index in [0.29, 0.717) is 0 Å². The molecular weight excluding hydrogens is 966 g/mol. The average molecular weight is 1030 g/mol. The molecule has 12 aromatic carbocycles. The average Bonchev–Trinajstić information content (AvgIpc) is 3.63. The fourth-order valence-corrected chi connectivity index (χ4v) is 12.1. The minimum atomic E-state index is 0.737. The summed E-state index contributed by atoms with van der Waals surface area (Å²) in [6, 6.07) is 102. The highest BCUT2D eigenvalue weighted by Crippen LogP contribution is 2.47. The van der Waals surface area contributed by atoms with Gasteiger partial charge in [0.05, 0.1) is 0 Å². The van der Waals surface area contributed by atoms with E-state index in [0.717, 1.165) is 58.1 Å². The topological polar surface area (TPSA) is 18.5 Å². The first-order valence-corrected chi connectivity index (χ1v) is 27.8. The molecule has 0 spiro atoms. The first-order chi connectivity index (χ1) is 39.3. The van der Waals surface area contributed by atoms with E-state index in [1.165, 1.54) is 94.6 Å². The van der Waals surface area contributed by atoms with Gasteiger partial charge in [-0.25, -0.2) is 0 Å². The van der Waals surface area contributed by atoms with Crippen LogP contribution < -0.4 is 26.0 Å². The normalized spacial score (nSPS) is 11.6.